The van der Waals surface area contributed by atoms with Crippen LogP contribution in [-0.2, 0) is 9.59 Å². The normalized spacial score (nSPS) is 11.0. The van der Waals surface area contributed by atoms with Crippen molar-refractivity contribution in [1.82, 2.24) is 5.32 Å². The molecule has 1 aromatic carbocycles. The summed E-state index contributed by atoms with van der Waals surface area (Å²) >= 11 is 5.90. The van der Waals surface area contributed by atoms with Gasteiger partial charge in [-0.05, 0) is 30.4 Å². The lowest BCUT2D eigenvalue weighted by Gasteiger charge is -2.21. The van der Waals surface area contributed by atoms with E-state index in [1.807, 2.05) is 13.8 Å². The van der Waals surface area contributed by atoms with Crippen molar-refractivity contribution in [3.63, 3.8) is 0 Å². The second kappa shape index (κ2) is 8.00. The van der Waals surface area contributed by atoms with Crippen molar-refractivity contribution < 1.29 is 14.7 Å². The molecule has 3 N–H and O–H groups in total. The molecular weight excluding hydrogens is 292 g/mol. The van der Waals surface area contributed by atoms with Crippen LogP contribution in [0.3, 0.4) is 0 Å². The number of halogens is 1. The third-order valence-electron chi connectivity index (χ3n) is 3.07. The second-order valence-corrected chi connectivity index (χ2v) is 6.02. The van der Waals surface area contributed by atoms with E-state index in [-0.39, 0.29) is 12.0 Å². The molecule has 21 heavy (non-hydrogen) atoms. The Hall–Kier alpha value is -1.59. The van der Waals surface area contributed by atoms with Crippen LogP contribution in [0.15, 0.2) is 24.3 Å². The highest BCUT2D eigenvalue weighted by atomic mass is 35.5. The highest BCUT2D eigenvalue weighted by molar-refractivity contribution is 6.41. The summed E-state index contributed by atoms with van der Waals surface area (Å²) in [6.07, 6.45) is 1.45. The Morgan fingerprint density at radius 2 is 1.90 bits per heavy atom. The molecule has 1 rings (SSSR count). The number of benzene rings is 1. The van der Waals surface area contributed by atoms with Gasteiger partial charge in [0.1, 0.15) is 0 Å². The van der Waals surface area contributed by atoms with Gasteiger partial charge in [0.05, 0.1) is 10.7 Å². The topological polar surface area (TPSA) is 78.4 Å². The molecule has 1 aromatic rings. The van der Waals surface area contributed by atoms with Gasteiger partial charge in [-0.2, -0.15) is 0 Å². The first-order valence-corrected chi connectivity index (χ1v) is 7.18. The third kappa shape index (κ3) is 6.14. The molecule has 0 aliphatic rings. The Kier molecular flexibility index (Phi) is 6.65. The van der Waals surface area contributed by atoms with Crippen LogP contribution in [0.5, 0.6) is 0 Å². The monoisotopic (exact) mass is 312 g/mol. The number of hydrogen-bond donors (Lipinski definition) is 3. The summed E-state index contributed by atoms with van der Waals surface area (Å²) in [6, 6.07) is 6.71. The summed E-state index contributed by atoms with van der Waals surface area (Å²) in [5.74, 6) is -1.44. The summed E-state index contributed by atoms with van der Waals surface area (Å²) in [6.45, 7) is 4.37. The van der Waals surface area contributed by atoms with E-state index < -0.39 is 11.8 Å². The van der Waals surface area contributed by atoms with Gasteiger partial charge in [0, 0.05) is 13.2 Å². The molecule has 0 aromatic heterocycles. The van der Waals surface area contributed by atoms with Crippen molar-refractivity contribution in [1.29, 1.82) is 0 Å². The Bertz CT molecular complexity index is 503. The molecule has 0 fully saturated rings. The molecular formula is C15H21ClN2O3. The van der Waals surface area contributed by atoms with Crippen molar-refractivity contribution in [3.05, 3.63) is 29.3 Å². The molecule has 2 amide bonds. The standard InChI is InChI=1S/C15H21ClN2O3/c1-15(2,10-19)8-5-9-17-13(20)14(21)18-12-7-4-3-6-11(12)16/h3-4,6-7,19H,5,8-10H2,1-2H3,(H,17,20)(H,18,21). The maximum Gasteiger partial charge on any atom is 0.313 e. The fraction of sp³-hybridized carbons (Fsp3) is 0.467. The number of aliphatic hydroxyl groups is 1. The molecule has 6 heteroatoms. The summed E-state index contributed by atoms with van der Waals surface area (Å²) in [5.41, 5.74) is 0.227. The molecule has 0 saturated carbocycles. The van der Waals surface area contributed by atoms with Gasteiger partial charge in [-0.25, -0.2) is 0 Å². The van der Waals surface area contributed by atoms with Gasteiger partial charge in [-0.3, -0.25) is 9.59 Å². The molecule has 0 bridgehead atoms. The highest BCUT2D eigenvalue weighted by Gasteiger charge is 2.17. The van der Waals surface area contributed by atoms with Crippen molar-refractivity contribution in [2.45, 2.75) is 26.7 Å². The van der Waals surface area contributed by atoms with Crippen molar-refractivity contribution in [2.24, 2.45) is 5.41 Å². The number of nitrogens with one attached hydrogen (secondary N) is 2. The third-order valence-corrected chi connectivity index (χ3v) is 3.40. The zero-order chi connectivity index (χ0) is 15.9. The van der Waals surface area contributed by atoms with E-state index in [1.165, 1.54) is 0 Å². The lowest BCUT2D eigenvalue weighted by molar-refractivity contribution is -0.136. The Labute approximate surface area is 129 Å². The van der Waals surface area contributed by atoms with Gasteiger partial charge in [-0.15, -0.1) is 0 Å². The predicted molar refractivity (Wildman–Crippen MR) is 83.2 cm³/mol. The van der Waals surface area contributed by atoms with Crippen molar-refractivity contribution in [2.75, 3.05) is 18.5 Å². The lowest BCUT2D eigenvalue weighted by atomic mass is 9.89. The highest BCUT2D eigenvalue weighted by Crippen LogP contribution is 2.21. The number of para-hydroxylation sites is 1. The fourth-order valence-corrected chi connectivity index (χ4v) is 1.85. The van der Waals surface area contributed by atoms with Gasteiger partial charge in [-0.1, -0.05) is 37.6 Å². The first kappa shape index (κ1) is 17.5. The molecule has 0 aliphatic heterocycles. The van der Waals surface area contributed by atoms with Crippen LogP contribution in [0.2, 0.25) is 5.02 Å². The van der Waals surface area contributed by atoms with E-state index in [0.717, 1.165) is 6.42 Å². The minimum atomic E-state index is -0.746. The van der Waals surface area contributed by atoms with Gasteiger partial charge in [0.15, 0.2) is 0 Å². The van der Waals surface area contributed by atoms with Crippen LogP contribution in [0.25, 0.3) is 0 Å². The quantitative estimate of drug-likeness (QED) is 0.556. The van der Waals surface area contributed by atoms with E-state index >= 15 is 0 Å². The lowest BCUT2D eigenvalue weighted by Crippen LogP contribution is -2.36. The minimum Gasteiger partial charge on any atom is -0.396 e. The maximum absolute atomic E-state index is 11.7. The van der Waals surface area contributed by atoms with Gasteiger partial charge >= 0.3 is 11.8 Å². The number of anilines is 1. The average Bonchev–Trinajstić information content (AvgIpc) is 2.45. The summed E-state index contributed by atoms with van der Waals surface area (Å²) in [7, 11) is 0. The summed E-state index contributed by atoms with van der Waals surface area (Å²) in [5, 5.41) is 14.5. The average molecular weight is 313 g/mol. The molecule has 5 nitrogen and oxygen atoms in total. The van der Waals surface area contributed by atoms with Crippen molar-refractivity contribution in [3.8, 4) is 0 Å². The van der Waals surface area contributed by atoms with E-state index in [9.17, 15) is 9.59 Å². The SMILES string of the molecule is CC(C)(CO)CCCNC(=O)C(=O)Nc1ccccc1Cl. The predicted octanol–water partition coefficient (Wildman–Crippen LogP) is 2.19. The van der Waals surface area contributed by atoms with Gasteiger partial charge in [0.2, 0.25) is 0 Å². The number of rotatable bonds is 6. The molecule has 0 spiro atoms. The maximum atomic E-state index is 11.7. The van der Waals surface area contributed by atoms with Crippen LogP contribution < -0.4 is 10.6 Å². The second-order valence-electron chi connectivity index (χ2n) is 5.62. The van der Waals surface area contributed by atoms with E-state index in [2.05, 4.69) is 10.6 Å². The van der Waals surface area contributed by atoms with Crippen LogP contribution in [-0.4, -0.2) is 30.1 Å². The minimum absolute atomic E-state index is 0.0912. The molecule has 0 radical (unpaired) electrons. The number of carbonyl (C=O) groups is 2. The molecule has 116 valence electrons. The Morgan fingerprint density at radius 3 is 2.52 bits per heavy atom. The Balaban J connectivity index is 2.36. The molecule has 0 aliphatic carbocycles. The van der Waals surface area contributed by atoms with Gasteiger partial charge in [0.25, 0.3) is 0 Å². The summed E-state index contributed by atoms with van der Waals surface area (Å²) in [4.78, 5) is 23.3. The van der Waals surface area contributed by atoms with Crippen molar-refractivity contribution >= 4 is 29.1 Å². The smallest absolute Gasteiger partial charge is 0.313 e. The molecule has 0 saturated heterocycles. The summed E-state index contributed by atoms with van der Waals surface area (Å²) < 4.78 is 0. The molecule has 0 heterocycles. The number of hydrogen-bond acceptors (Lipinski definition) is 3. The van der Waals surface area contributed by atoms with E-state index in [4.69, 9.17) is 16.7 Å². The van der Waals surface area contributed by atoms with Gasteiger partial charge < -0.3 is 15.7 Å². The molecule has 0 atom stereocenters. The van der Waals surface area contributed by atoms with Crippen LogP contribution in [0.4, 0.5) is 5.69 Å². The molecule has 0 unspecified atom stereocenters. The first-order valence-electron chi connectivity index (χ1n) is 6.80. The first-order chi connectivity index (χ1) is 9.85. The Morgan fingerprint density at radius 1 is 1.24 bits per heavy atom. The van der Waals surface area contributed by atoms with Crippen LogP contribution >= 0.6 is 11.6 Å². The van der Waals surface area contributed by atoms with E-state index in [1.54, 1.807) is 24.3 Å². The van der Waals surface area contributed by atoms with E-state index in [0.29, 0.717) is 23.7 Å². The number of amides is 2. The number of carbonyl (C=O) groups excluding carboxylic acids is 2. The fourth-order valence-electron chi connectivity index (χ4n) is 1.67. The number of aliphatic hydroxyl groups excluding tert-OH is 1. The zero-order valence-electron chi connectivity index (χ0n) is 12.3. The van der Waals surface area contributed by atoms with Crippen LogP contribution in [0, 0.1) is 5.41 Å². The van der Waals surface area contributed by atoms with Crippen LogP contribution in [0.1, 0.15) is 26.7 Å². The largest absolute Gasteiger partial charge is 0.396 e. The zero-order valence-corrected chi connectivity index (χ0v) is 13.0.